The molecule has 0 N–H and O–H groups in total. The molecular weight excluding hydrogens is 435 g/mol. The summed E-state index contributed by atoms with van der Waals surface area (Å²) in [6.07, 6.45) is -0.939. The Kier molecular flexibility index (Phi) is 4.97. The standard InChI is InChI=1S/C24H18Cl2N2O3/c1-14-7-9-15(10-8-14)21-20-22(31-28(21)17-5-3-2-4-6-17)24(30)27(23(20)29)19-12-11-16(25)13-18(19)26/h2-13,20-22H,1H3/t20-,21+,22+/m0/s1. The molecule has 0 unspecified atom stereocenters. The number of fused-ring (bicyclic) bond motifs is 1. The fraction of sp³-hybridized carbons (Fsp3) is 0.167. The van der Waals surface area contributed by atoms with Crippen LogP contribution in [0.25, 0.3) is 0 Å². The first-order chi connectivity index (χ1) is 15.0. The quantitative estimate of drug-likeness (QED) is 0.502. The van der Waals surface area contributed by atoms with E-state index in [1.165, 1.54) is 6.07 Å². The second-order valence-electron chi connectivity index (χ2n) is 7.68. The van der Waals surface area contributed by atoms with Crippen LogP contribution in [0, 0.1) is 12.8 Å². The van der Waals surface area contributed by atoms with Gasteiger partial charge in [0.2, 0.25) is 5.91 Å². The van der Waals surface area contributed by atoms with E-state index in [0.29, 0.717) is 10.7 Å². The lowest BCUT2D eigenvalue weighted by Gasteiger charge is -2.29. The largest absolute Gasteiger partial charge is 0.273 e. The molecule has 5 rings (SSSR count). The van der Waals surface area contributed by atoms with Gasteiger partial charge in [-0.3, -0.25) is 14.4 Å². The minimum Gasteiger partial charge on any atom is -0.273 e. The Morgan fingerprint density at radius 1 is 0.871 bits per heavy atom. The van der Waals surface area contributed by atoms with Gasteiger partial charge in [-0.15, -0.1) is 0 Å². The first-order valence-corrected chi connectivity index (χ1v) is 10.6. The second kappa shape index (κ2) is 7.68. The number of aryl methyl sites for hydroxylation is 1. The van der Waals surface area contributed by atoms with Gasteiger partial charge in [0.1, 0.15) is 5.92 Å². The number of para-hydroxylation sites is 1. The van der Waals surface area contributed by atoms with Crippen LogP contribution in [0.2, 0.25) is 10.0 Å². The molecule has 0 aliphatic carbocycles. The van der Waals surface area contributed by atoms with E-state index in [9.17, 15) is 9.59 Å². The predicted octanol–water partition coefficient (Wildman–Crippen LogP) is 5.35. The second-order valence-corrected chi connectivity index (χ2v) is 8.52. The highest BCUT2D eigenvalue weighted by atomic mass is 35.5. The van der Waals surface area contributed by atoms with Gasteiger partial charge < -0.3 is 0 Å². The van der Waals surface area contributed by atoms with Gasteiger partial charge in [-0.05, 0) is 42.8 Å². The minimum atomic E-state index is -0.939. The van der Waals surface area contributed by atoms with Crippen molar-refractivity contribution in [2.75, 3.05) is 9.96 Å². The molecule has 2 fully saturated rings. The average Bonchev–Trinajstić information content (AvgIpc) is 3.26. The predicted molar refractivity (Wildman–Crippen MR) is 120 cm³/mol. The number of amides is 2. The zero-order valence-corrected chi connectivity index (χ0v) is 18.0. The van der Waals surface area contributed by atoms with Crippen LogP contribution < -0.4 is 9.96 Å². The molecule has 2 amide bonds. The molecule has 2 saturated heterocycles. The molecule has 5 nitrogen and oxygen atoms in total. The van der Waals surface area contributed by atoms with E-state index in [0.717, 1.165) is 21.7 Å². The Hall–Kier alpha value is -2.86. The van der Waals surface area contributed by atoms with Gasteiger partial charge in [-0.1, -0.05) is 71.2 Å². The monoisotopic (exact) mass is 452 g/mol. The van der Waals surface area contributed by atoms with Crippen LogP contribution in [0.1, 0.15) is 17.2 Å². The van der Waals surface area contributed by atoms with Crippen molar-refractivity contribution in [3.8, 4) is 0 Å². The lowest BCUT2D eigenvalue weighted by Crippen LogP contribution is -2.37. The number of imide groups is 1. The highest BCUT2D eigenvalue weighted by Crippen LogP contribution is 2.48. The Balaban J connectivity index is 1.59. The molecule has 0 saturated carbocycles. The van der Waals surface area contributed by atoms with E-state index < -0.39 is 24.0 Å². The molecule has 0 bridgehead atoms. The average molecular weight is 453 g/mol. The number of benzene rings is 3. The molecule has 3 aromatic rings. The third-order valence-electron chi connectivity index (χ3n) is 5.70. The van der Waals surface area contributed by atoms with E-state index in [1.807, 2.05) is 61.5 Å². The van der Waals surface area contributed by atoms with Gasteiger partial charge in [0, 0.05) is 5.02 Å². The van der Waals surface area contributed by atoms with Crippen molar-refractivity contribution < 1.29 is 14.4 Å². The Morgan fingerprint density at radius 3 is 2.26 bits per heavy atom. The number of hydrogen-bond donors (Lipinski definition) is 0. The maximum Gasteiger partial charge on any atom is 0.266 e. The van der Waals surface area contributed by atoms with E-state index in [4.69, 9.17) is 28.0 Å². The maximum atomic E-state index is 13.6. The molecule has 31 heavy (non-hydrogen) atoms. The number of anilines is 2. The fourth-order valence-electron chi connectivity index (χ4n) is 4.22. The highest BCUT2D eigenvalue weighted by Gasteiger charge is 2.60. The summed E-state index contributed by atoms with van der Waals surface area (Å²) in [5.41, 5.74) is 3.09. The lowest BCUT2D eigenvalue weighted by atomic mass is 9.90. The lowest BCUT2D eigenvalue weighted by molar-refractivity contribution is -0.126. The minimum absolute atomic E-state index is 0.237. The molecule has 3 atom stereocenters. The summed E-state index contributed by atoms with van der Waals surface area (Å²) in [4.78, 5) is 34.1. The van der Waals surface area contributed by atoms with Crippen LogP contribution in [0.3, 0.4) is 0 Å². The summed E-state index contributed by atoms with van der Waals surface area (Å²) in [7, 11) is 0. The first-order valence-electron chi connectivity index (χ1n) is 9.86. The normalized spacial score (nSPS) is 22.9. The van der Waals surface area contributed by atoms with Crippen molar-refractivity contribution in [1.29, 1.82) is 0 Å². The van der Waals surface area contributed by atoms with E-state index in [-0.39, 0.29) is 10.9 Å². The summed E-state index contributed by atoms with van der Waals surface area (Å²) in [5, 5.41) is 2.34. The van der Waals surface area contributed by atoms with Gasteiger partial charge in [0.25, 0.3) is 5.91 Å². The van der Waals surface area contributed by atoms with Gasteiger partial charge in [-0.25, -0.2) is 9.96 Å². The number of nitrogens with zero attached hydrogens (tertiary/aromatic N) is 2. The summed E-state index contributed by atoms with van der Waals surface area (Å²) in [5.74, 6) is -1.49. The number of carbonyl (C=O) groups is 2. The Morgan fingerprint density at radius 2 is 1.58 bits per heavy atom. The van der Waals surface area contributed by atoms with Crippen molar-refractivity contribution >= 4 is 46.4 Å². The Bertz CT molecular complexity index is 1170. The van der Waals surface area contributed by atoms with Crippen molar-refractivity contribution in [3.63, 3.8) is 0 Å². The van der Waals surface area contributed by atoms with Crippen LogP contribution in [-0.2, 0) is 14.4 Å². The smallest absolute Gasteiger partial charge is 0.266 e. The first kappa shape index (κ1) is 20.1. The molecule has 2 heterocycles. The Labute approximate surface area is 189 Å². The number of hydrogen-bond acceptors (Lipinski definition) is 4. The summed E-state index contributed by atoms with van der Waals surface area (Å²) in [6, 6.07) is 21.6. The van der Waals surface area contributed by atoms with Crippen LogP contribution in [0.4, 0.5) is 11.4 Å². The summed E-state index contributed by atoms with van der Waals surface area (Å²) < 4.78 is 0. The van der Waals surface area contributed by atoms with Gasteiger partial charge in [-0.2, -0.15) is 0 Å². The number of rotatable bonds is 3. The van der Waals surface area contributed by atoms with Crippen molar-refractivity contribution in [2.45, 2.75) is 19.1 Å². The van der Waals surface area contributed by atoms with E-state index >= 15 is 0 Å². The number of halogens is 2. The zero-order valence-electron chi connectivity index (χ0n) is 16.5. The van der Waals surface area contributed by atoms with Crippen LogP contribution in [0.5, 0.6) is 0 Å². The van der Waals surface area contributed by atoms with E-state index in [2.05, 4.69) is 0 Å². The van der Waals surface area contributed by atoms with Crippen molar-refractivity contribution in [1.82, 2.24) is 0 Å². The SMILES string of the molecule is Cc1ccc([C@@H]2[C@@H]3C(=O)N(c4ccc(Cl)cc4Cl)C(=O)[C@@H]3ON2c2ccccc2)cc1. The van der Waals surface area contributed by atoms with Gasteiger partial charge in [0.15, 0.2) is 6.10 Å². The highest BCUT2D eigenvalue weighted by molar-refractivity contribution is 6.38. The molecule has 0 spiro atoms. The van der Waals surface area contributed by atoms with Crippen LogP contribution in [0.15, 0.2) is 72.8 Å². The summed E-state index contributed by atoms with van der Waals surface area (Å²) >= 11 is 12.3. The zero-order chi connectivity index (χ0) is 21.7. The van der Waals surface area contributed by atoms with Gasteiger partial charge >= 0.3 is 0 Å². The number of carbonyl (C=O) groups excluding carboxylic acids is 2. The molecule has 7 heteroatoms. The molecule has 0 radical (unpaired) electrons. The topological polar surface area (TPSA) is 49.9 Å². The van der Waals surface area contributed by atoms with Crippen molar-refractivity contribution in [3.05, 3.63) is 94.0 Å². The van der Waals surface area contributed by atoms with Crippen LogP contribution >= 0.6 is 23.2 Å². The maximum absolute atomic E-state index is 13.6. The van der Waals surface area contributed by atoms with Gasteiger partial charge in [0.05, 0.1) is 22.4 Å². The molecular formula is C24H18Cl2N2O3. The number of hydroxylamine groups is 1. The van der Waals surface area contributed by atoms with Crippen molar-refractivity contribution in [2.24, 2.45) is 5.92 Å². The third-order valence-corrected chi connectivity index (χ3v) is 6.23. The fourth-order valence-corrected chi connectivity index (χ4v) is 4.71. The van der Waals surface area contributed by atoms with E-state index in [1.54, 1.807) is 17.2 Å². The summed E-state index contributed by atoms with van der Waals surface area (Å²) in [6.45, 7) is 2.00. The molecule has 3 aromatic carbocycles. The molecule has 2 aliphatic heterocycles. The van der Waals surface area contributed by atoms with Crippen LogP contribution in [-0.4, -0.2) is 17.9 Å². The molecule has 2 aliphatic rings. The molecule has 0 aromatic heterocycles. The third kappa shape index (κ3) is 3.30. The molecule has 156 valence electrons.